The molecule has 2 N–H and O–H groups in total. The molecule has 1 amide bonds. The highest BCUT2D eigenvalue weighted by atomic mass is 35.5. The predicted octanol–water partition coefficient (Wildman–Crippen LogP) is 3.22. The van der Waals surface area contributed by atoms with E-state index in [0.717, 1.165) is 17.9 Å². The Bertz CT molecular complexity index is 508. The van der Waals surface area contributed by atoms with E-state index in [9.17, 15) is 4.79 Å². The van der Waals surface area contributed by atoms with Crippen molar-refractivity contribution in [1.29, 1.82) is 0 Å². The molecule has 3 nitrogen and oxygen atoms in total. The highest BCUT2D eigenvalue weighted by Gasteiger charge is 2.27. The summed E-state index contributed by atoms with van der Waals surface area (Å²) < 4.78 is 0. The lowest BCUT2D eigenvalue weighted by atomic mass is 10.1. The molecule has 2 atom stereocenters. The van der Waals surface area contributed by atoms with Crippen LogP contribution in [0.1, 0.15) is 51.3 Å². The fraction of sp³-hybridized carbons (Fsp3) is 0.562. The van der Waals surface area contributed by atoms with E-state index in [1.165, 1.54) is 11.1 Å². The van der Waals surface area contributed by atoms with Crippen LogP contribution in [-0.2, 0) is 11.2 Å². The molecule has 1 aliphatic carbocycles. The zero-order valence-corrected chi connectivity index (χ0v) is 13.3. The van der Waals surface area contributed by atoms with Crippen LogP contribution in [0.2, 0.25) is 5.02 Å². The minimum Gasteiger partial charge on any atom is -0.350 e. The molecule has 0 heterocycles. The second-order valence-electron chi connectivity index (χ2n) is 6.56. The molecule has 0 aliphatic heterocycles. The maximum atomic E-state index is 12.1. The Balaban J connectivity index is 2.01. The SMILES string of the molecule is CC(NC1CCc2cc(Cl)ccc21)C(=O)NC(C)(C)C. The number of rotatable bonds is 3. The Labute approximate surface area is 126 Å². The van der Waals surface area contributed by atoms with E-state index in [1.54, 1.807) is 0 Å². The Morgan fingerprint density at radius 1 is 1.40 bits per heavy atom. The fourth-order valence-corrected chi connectivity index (χ4v) is 2.81. The summed E-state index contributed by atoms with van der Waals surface area (Å²) in [4.78, 5) is 12.1. The quantitative estimate of drug-likeness (QED) is 0.899. The summed E-state index contributed by atoms with van der Waals surface area (Å²) in [5, 5.41) is 7.21. The van der Waals surface area contributed by atoms with Crippen molar-refractivity contribution >= 4 is 17.5 Å². The van der Waals surface area contributed by atoms with Crippen LogP contribution in [0.5, 0.6) is 0 Å². The largest absolute Gasteiger partial charge is 0.350 e. The molecule has 0 fully saturated rings. The summed E-state index contributed by atoms with van der Waals surface area (Å²) in [6.07, 6.45) is 2.03. The molecule has 0 radical (unpaired) electrons. The number of hydrogen-bond acceptors (Lipinski definition) is 2. The number of benzene rings is 1. The first-order valence-electron chi connectivity index (χ1n) is 7.12. The van der Waals surface area contributed by atoms with Crippen LogP contribution in [-0.4, -0.2) is 17.5 Å². The van der Waals surface area contributed by atoms with Crippen molar-refractivity contribution in [3.63, 3.8) is 0 Å². The van der Waals surface area contributed by atoms with Crippen molar-refractivity contribution in [2.45, 2.75) is 58.2 Å². The standard InChI is InChI=1S/C16H23ClN2O/c1-10(15(20)19-16(2,3)4)18-14-8-5-11-9-12(17)6-7-13(11)14/h6-7,9-10,14,18H,5,8H2,1-4H3,(H,19,20). The van der Waals surface area contributed by atoms with Gasteiger partial charge in [0.2, 0.25) is 5.91 Å². The van der Waals surface area contributed by atoms with Crippen LogP contribution >= 0.6 is 11.6 Å². The van der Waals surface area contributed by atoms with Crippen LogP contribution in [0.15, 0.2) is 18.2 Å². The van der Waals surface area contributed by atoms with E-state index in [2.05, 4.69) is 16.7 Å². The molecule has 110 valence electrons. The average molecular weight is 295 g/mol. The molecule has 0 saturated heterocycles. The van der Waals surface area contributed by atoms with Gasteiger partial charge in [0.25, 0.3) is 0 Å². The first kappa shape index (κ1) is 15.3. The zero-order valence-electron chi connectivity index (χ0n) is 12.6. The molecular weight excluding hydrogens is 272 g/mol. The normalized spacial score (nSPS) is 19.6. The molecule has 20 heavy (non-hydrogen) atoms. The number of hydrogen-bond donors (Lipinski definition) is 2. The Morgan fingerprint density at radius 2 is 2.10 bits per heavy atom. The van der Waals surface area contributed by atoms with Gasteiger partial charge in [-0.3, -0.25) is 10.1 Å². The molecule has 0 spiro atoms. The van der Waals surface area contributed by atoms with Crippen molar-refractivity contribution < 1.29 is 4.79 Å². The van der Waals surface area contributed by atoms with E-state index in [4.69, 9.17) is 11.6 Å². The number of halogens is 1. The lowest BCUT2D eigenvalue weighted by molar-refractivity contribution is -0.124. The molecular formula is C16H23ClN2O. The van der Waals surface area contributed by atoms with Crippen molar-refractivity contribution in [3.8, 4) is 0 Å². The first-order chi connectivity index (χ1) is 9.26. The van der Waals surface area contributed by atoms with Gasteiger partial charge in [-0.05, 0) is 63.8 Å². The number of aryl methyl sites for hydroxylation is 1. The van der Waals surface area contributed by atoms with Gasteiger partial charge in [0.05, 0.1) is 6.04 Å². The maximum Gasteiger partial charge on any atom is 0.237 e. The third-order valence-electron chi connectivity index (χ3n) is 3.53. The van der Waals surface area contributed by atoms with E-state index in [-0.39, 0.29) is 23.5 Å². The molecule has 0 bridgehead atoms. The van der Waals surface area contributed by atoms with Gasteiger partial charge in [0, 0.05) is 16.6 Å². The van der Waals surface area contributed by atoms with E-state index >= 15 is 0 Å². The van der Waals surface area contributed by atoms with Crippen molar-refractivity contribution in [2.75, 3.05) is 0 Å². The summed E-state index contributed by atoms with van der Waals surface area (Å²) >= 11 is 6.02. The minimum atomic E-state index is -0.208. The van der Waals surface area contributed by atoms with Crippen molar-refractivity contribution in [1.82, 2.24) is 10.6 Å². The summed E-state index contributed by atoms with van der Waals surface area (Å²) in [7, 11) is 0. The summed E-state index contributed by atoms with van der Waals surface area (Å²) in [6, 6.07) is 6.04. The Kier molecular flexibility index (Phi) is 4.40. The first-order valence-corrected chi connectivity index (χ1v) is 7.50. The third-order valence-corrected chi connectivity index (χ3v) is 3.76. The molecule has 2 unspecified atom stereocenters. The number of carbonyl (C=O) groups is 1. The average Bonchev–Trinajstić information content (AvgIpc) is 2.69. The second-order valence-corrected chi connectivity index (χ2v) is 7.00. The number of carbonyl (C=O) groups excluding carboxylic acids is 1. The molecule has 1 aromatic rings. The van der Waals surface area contributed by atoms with Gasteiger partial charge >= 0.3 is 0 Å². The molecule has 0 aromatic heterocycles. The zero-order chi connectivity index (χ0) is 14.9. The van der Waals surface area contributed by atoms with Crippen LogP contribution in [0, 0.1) is 0 Å². The molecule has 1 aromatic carbocycles. The lowest BCUT2D eigenvalue weighted by Gasteiger charge is -2.25. The lowest BCUT2D eigenvalue weighted by Crippen LogP contribution is -2.50. The van der Waals surface area contributed by atoms with Crippen LogP contribution < -0.4 is 10.6 Å². The van der Waals surface area contributed by atoms with E-state index < -0.39 is 0 Å². The van der Waals surface area contributed by atoms with Crippen molar-refractivity contribution in [2.24, 2.45) is 0 Å². The number of fused-ring (bicyclic) bond motifs is 1. The van der Waals surface area contributed by atoms with Gasteiger partial charge in [-0.15, -0.1) is 0 Å². The van der Waals surface area contributed by atoms with Crippen LogP contribution in [0.3, 0.4) is 0 Å². The fourth-order valence-electron chi connectivity index (χ4n) is 2.61. The van der Waals surface area contributed by atoms with Gasteiger partial charge in [-0.25, -0.2) is 0 Å². The summed E-state index contributed by atoms with van der Waals surface area (Å²) in [6.45, 7) is 7.88. The smallest absolute Gasteiger partial charge is 0.237 e. The van der Waals surface area contributed by atoms with E-state index in [1.807, 2.05) is 39.8 Å². The maximum absolute atomic E-state index is 12.1. The Morgan fingerprint density at radius 3 is 2.75 bits per heavy atom. The van der Waals surface area contributed by atoms with Crippen LogP contribution in [0.25, 0.3) is 0 Å². The van der Waals surface area contributed by atoms with Gasteiger partial charge in [-0.2, -0.15) is 0 Å². The Hall–Kier alpha value is -1.06. The summed E-state index contributed by atoms with van der Waals surface area (Å²) in [5.74, 6) is 0.0416. The molecule has 2 rings (SSSR count). The number of nitrogens with one attached hydrogen (secondary N) is 2. The van der Waals surface area contributed by atoms with Gasteiger partial charge < -0.3 is 5.32 Å². The van der Waals surface area contributed by atoms with Crippen LogP contribution in [0.4, 0.5) is 0 Å². The van der Waals surface area contributed by atoms with Gasteiger partial charge in [0.15, 0.2) is 0 Å². The highest BCUT2D eigenvalue weighted by Crippen LogP contribution is 2.33. The monoisotopic (exact) mass is 294 g/mol. The highest BCUT2D eigenvalue weighted by molar-refractivity contribution is 6.30. The number of amides is 1. The molecule has 0 saturated carbocycles. The molecule has 1 aliphatic rings. The second kappa shape index (κ2) is 5.74. The van der Waals surface area contributed by atoms with E-state index in [0.29, 0.717) is 0 Å². The molecule has 4 heteroatoms. The van der Waals surface area contributed by atoms with Crippen molar-refractivity contribution in [3.05, 3.63) is 34.3 Å². The third kappa shape index (κ3) is 3.74. The predicted molar refractivity (Wildman–Crippen MR) is 83.0 cm³/mol. The van der Waals surface area contributed by atoms with Gasteiger partial charge in [0.1, 0.15) is 0 Å². The minimum absolute atomic E-state index is 0.0416. The summed E-state index contributed by atoms with van der Waals surface area (Å²) in [5.41, 5.74) is 2.36. The topological polar surface area (TPSA) is 41.1 Å². The van der Waals surface area contributed by atoms with Gasteiger partial charge in [-0.1, -0.05) is 17.7 Å².